The lowest BCUT2D eigenvalue weighted by Crippen LogP contribution is -2.34. The lowest BCUT2D eigenvalue weighted by Gasteiger charge is -2.15. The van der Waals surface area contributed by atoms with Gasteiger partial charge in [-0.1, -0.05) is 5.16 Å². The molecule has 0 N–H and O–H groups in total. The van der Waals surface area contributed by atoms with Crippen LogP contribution in [-0.4, -0.2) is 40.5 Å². The van der Waals surface area contributed by atoms with Crippen LogP contribution in [0.3, 0.4) is 0 Å². The molecule has 0 aromatic carbocycles. The van der Waals surface area contributed by atoms with Gasteiger partial charge in [-0.3, -0.25) is 4.79 Å². The van der Waals surface area contributed by atoms with E-state index in [9.17, 15) is 13.2 Å². The standard InChI is InChI=1S/C16H16N4O4S2/c21-16-13(26(22,23)20-7-1-2-8-20)4-3-6-19(16)10-14-17-15(18-24-14)12-5-9-25-11-12/h3-6,9,11H,1-2,7-8,10H2. The van der Waals surface area contributed by atoms with Crippen molar-refractivity contribution in [2.75, 3.05) is 13.1 Å². The number of thiophene rings is 1. The van der Waals surface area contributed by atoms with Crippen LogP contribution in [-0.2, 0) is 16.6 Å². The summed E-state index contributed by atoms with van der Waals surface area (Å²) in [5, 5.41) is 7.70. The second-order valence-corrected chi connectivity index (χ2v) is 8.63. The van der Waals surface area contributed by atoms with E-state index < -0.39 is 15.6 Å². The van der Waals surface area contributed by atoms with Gasteiger partial charge in [-0.25, -0.2) is 8.42 Å². The highest BCUT2D eigenvalue weighted by molar-refractivity contribution is 7.89. The van der Waals surface area contributed by atoms with Crippen LogP contribution in [0.1, 0.15) is 18.7 Å². The minimum atomic E-state index is -3.78. The third-order valence-electron chi connectivity index (χ3n) is 4.22. The van der Waals surface area contributed by atoms with Crippen LogP contribution in [0.4, 0.5) is 0 Å². The molecule has 3 aromatic rings. The van der Waals surface area contributed by atoms with Crippen LogP contribution in [0.2, 0.25) is 0 Å². The fourth-order valence-electron chi connectivity index (χ4n) is 2.88. The molecule has 0 atom stereocenters. The molecular formula is C16H16N4O4S2. The predicted octanol–water partition coefficient (Wildman–Crippen LogP) is 1.79. The van der Waals surface area contributed by atoms with Crippen LogP contribution in [0.25, 0.3) is 11.4 Å². The Morgan fingerprint density at radius 2 is 2.04 bits per heavy atom. The normalized spacial score (nSPS) is 15.5. The number of aromatic nitrogens is 3. The van der Waals surface area contributed by atoms with Crippen LogP contribution in [0, 0.1) is 0 Å². The molecule has 4 rings (SSSR count). The van der Waals surface area contributed by atoms with E-state index in [1.165, 1.54) is 32.5 Å². The number of hydrogen-bond donors (Lipinski definition) is 0. The molecule has 0 radical (unpaired) electrons. The first-order valence-corrected chi connectivity index (χ1v) is 10.5. The Bertz CT molecular complexity index is 1060. The Morgan fingerprint density at radius 3 is 2.77 bits per heavy atom. The number of pyridine rings is 1. The van der Waals surface area contributed by atoms with Crippen molar-refractivity contribution >= 4 is 21.4 Å². The van der Waals surface area contributed by atoms with Crippen molar-refractivity contribution in [1.82, 2.24) is 19.0 Å². The highest BCUT2D eigenvalue weighted by Crippen LogP contribution is 2.20. The zero-order valence-electron chi connectivity index (χ0n) is 13.7. The molecule has 1 aliphatic rings. The van der Waals surface area contributed by atoms with E-state index in [4.69, 9.17) is 4.52 Å². The minimum Gasteiger partial charge on any atom is -0.337 e. The number of hydrogen-bond acceptors (Lipinski definition) is 7. The summed E-state index contributed by atoms with van der Waals surface area (Å²) >= 11 is 1.52. The first-order chi connectivity index (χ1) is 12.6. The Kier molecular flexibility index (Phi) is 4.47. The van der Waals surface area contributed by atoms with Gasteiger partial charge in [-0.15, -0.1) is 0 Å². The first-order valence-electron chi connectivity index (χ1n) is 8.10. The Balaban J connectivity index is 1.63. The molecule has 0 spiro atoms. The van der Waals surface area contributed by atoms with Crippen molar-refractivity contribution in [2.45, 2.75) is 24.3 Å². The quantitative estimate of drug-likeness (QED) is 0.657. The Hall–Kier alpha value is -2.30. The second kappa shape index (κ2) is 6.78. The van der Waals surface area contributed by atoms with Crippen LogP contribution in [0.5, 0.6) is 0 Å². The van der Waals surface area contributed by atoms with Gasteiger partial charge in [0.05, 0.1) is 0 Å². The molecule has 136 valence electrons. The zero-order valence-corrected chi connectivity index (χ0v) is 15.4. The fourth-order valence-corrected chi connectivity index (χ4v) is 5.12. The molecule has 0 bridgehead atoms. The number of nitrogens with zero attached hydrogens (tertiary/aromatic N) is 4. The average Bonchev–Trinajstić information content (AvgIpc) is 3.38. The summed E-state index contributed by atoms with van der Waals surface area (Å²) in [5.74, 6) is 0.680. The molecule has 10 heteroatoms. The van der Waals surface area contributed by atoms with Crippen molar-refractivity contribution in [2.24, 2.45) is 0 Å². The third kappa shape index (κ3) is 3.11. The van der Waals surface area contributed by atoms with Crippen LogP contribution >= 0.6 is 11.3 Å². The third-order valence-corrected chi connectivity index (χ3v) is 6.82. The maximum absolute atomic E-state index is 12.7. The van der Waals surface area contributed by atoms with Gasteiger partial charge in [0, 0.05) is 30.2 Å². The van der Waals surface area contributed by atoms with E-state index in [0.717, 1.165) is 18.4 Å². The van der Waals surface area contributed by atoms with Gasteiger partial charge in [0.2, 0.25) is 21.7 Å². The maximum atomic E-state index is 12.7. The lowest BCUT2D eigenvalue weighted by molar-refractivity contribution is 0.369. The topological polar surface area (TPSA) is 98.3 Å². The summed E-state index contributed by atoms with van der Waals surface area (Å²) < 4.78 is 33.2. The summed E-state index contributed by atoms with van der Waals surface area (Å²) in [6, 6.07) is 4.76. The molecule has 3 aromatic heterocycles. The molecule has 1 fully saturated rings. The molecule has 1 saturated heterocycles. The van der Waals surface area contributed by atoms with E-state index >= 15 is 0 Å². The van der Waals surface area contributed by atoms with Crippen LogP contribution < -0.4 is 5.56 Å². The highest BCUT2D eigenvalue weighted by atomic mass is 32.2. The summed E-state index contributed by atoms with van der Waals surface area (Å²) in [6.07, 6.45) is 3.14. The molecule has 1 aliphatic heterocycles. The molecule has 8 nitrogen and oxygen atoms in total. The maximum Gasteiger partial charge on any atom is 0.271 e. The largest absolute Gasteiger partial charge is 0.337 e. The fraction of sp³-hybridized carbons (Fsp3) is 0.312. The van der Waals surface area contributed by atoms with Crippen molar-refractivity contribution in [1.29, 1.82) is 0 Å². The van der Waals surface area contributed by atoms with Gasteiger partial charge in [0.1, 0.15) is 11.4 Å². The smallest absolute Gasteiger partial charge is 0.271 e. The van der Waals surface area contributed by atoms with E-state index in [1.54, 1.807) is 6.07 Å². The number of sulfonamides is 1. The lowest BCUT2D eigenvalue weighted by atomic mass is 10.3. The Labute approximate surface area is 153 Å². The summed E-state index contributed by atoms with van der Waals surface area (Å²) in [6.45, 7) is 0.911. The van der Waals surface area contributed by atoms with Gasteiger partial charge < -0.3 is 9.09 Å². The summed E-state index contributed by atoms with van der Waals surface area (Å²) in [5.41, 5.74) is 0.248. The van der Waals surface area contributed by atoms with E-state index in [1.807, 2.05) is 16.8 Å². The summed E-state index contributed by atoms with van der Waals surface area (Å²) in [7, 11) is -3.78. The molecule has 26 heavy (non-hydrogen) atoms. The molecule has 0 unspecified atom stereocenters. The van der Waals surface area contributed by atoms with Gasteiger partial charge in [-0.05, 0) is 36.4 Å². The summed E-state index contributed by atoms with van der Waals surface area (Å²) in [4.78, 5) is 16.7. The second-order valence-electron chi connectivity index (χ2n) is 5.94. The highest BCUT2D eigenvalue weighted by Gasteiger charge is 2.30. The van der Waals surface area contributed by atoms with Gasteiger partial charge in [0.15, 0.2) is 0 Å². The molecule has 0 saturated carbocycles. The van der Waals surface area contributed by atoms with Crippen molar-refractivity contribution in [3.8, 4) is 11.4 Å². The van der Waals surface area contributed by atoms with Crippen LogP contribution in [0.15, 0.2) is 49.4 Å². The predicted molar refractivity (Wildman–Crippen MR) is 95.4 cm³/mol. The van der Waals surface area contributed by atoms with E-state index in [0.29, 0.717) is 18.9 Å². The average molecular weight is 392 g/mol. The molecular weight excluding hydrogens is 376 g/mol. The molecule has 0 amide bonds. The first kappa shape index (κ1) is 17.1. The monoisotopic (exact) mass is 392 g/mol. The van der Waals surface area contributed by atoms with Gasteiger partial charge in [0.25, 0.3) is 5.56 Å². The van der Waals surface area contributed by atoms with Crippen molar-refractivity contribution in [3.63, 3.8) is 0 Å². The van der Waals surface area contributed by atoms with Crippen molar-refractivity contribution < 1.29 is 12.9 Å². The molecule has 0 aliphatic carbocycles. The van der Waals surface area contributed by atoms with Crippen molar-refractivity contribution in [3.05, 3.63) is 51.4 Å². The zero-order chi connectivity index (χ0) is 18.1. The number of rotatable bonds is 5. The molecule has 4 heterocycles. The van der Waals surface area contributed by atoms with E-state index in [2.05, 4.69) is 10.1 Å². The van der Waals surface area contributed by atoms with Gasteiger partial charge in [-0.2, -0.15) is 20.6 Å². The minimum absolute atomic E-state index is 0.0132. The Morgan fingerprint density at radius 1 is 1.23 bits per heavy atom. The van der Waals surface area contributed by atoms with Gasteiger partial charge >= 0.3 is 0 Å². The SMILES string of the molecule is O=c1c(S(=O)(=O)N2CCCC2)cccn1Cc1nc(-c2ccsc2)no1. The van der Waals surface area contributed by atoms with E-state index in [-0.39, 0.29) is 17.3 Å².